The third kappa shape index (κ3) is 4.82. The van der Waals surface area contributed by atoms with Crippen molar-refractivity contribution < 1.29 is 0 Å². The first-order chi connectivity index (χ1) is 9.87. The lowest BCUT2D eigenvalue weighted by atomic mass is 10.00. The fourth-order valence-electron chi connectivity index (χ4n) is 3.05. The van der Waals surface area contributed by atoms with Gasteiger partial charge in [0.25, 0.3) is 0 Å². The lowest BCUT2D eigenvalue weighted by Gasteiger charge is -2.37. The summed E-state index contributed by atoms with van der Waals surface area (Å²) in [5, 5.41) is 3.67. The smallest absolute Gasteiger partial charge is 0.0951 e. The van der Waals surface area contributed by atoms with Crippen LogP contribution in [-0.2, 0) is 6.54 Å². The van der Waals surface area contributed by atoms with E-state index in [4.69, 9.17) is 0 Å². The van der Waals surface area contributed by atoms with E-state index >= 15 is 0 Å². The van der Waals surface area contributed by atoms with Crippen LogP contribution < -0.4 is 5.32 Å². The van der Waals surface area contributed by atoms with E-state index < -0.39 is 0 Å². The van der Waals surface area contributed by atoms with Gasteiger partial charge in [-0.15, -0.1) is 0 Å². The summed E-state index contributed by atoms with van der Waals surface area (Å²) in [6.45, 7) is 14.5. The average molecular weight is 292 g/mol. The molecule has 1 N–H and O–H groups in total. The summed E-state index contributed by atoms with van der Waals surface area (Å²) in [6.07, 6.45) is 7.98. The summed E-state index contributed by atoms with van der Waals surface area (Å²) in [5.74, 6) is 0. The van der Waals surface area contributed by atoms with Crippen LogP contribution in [0.2, 0.25) is 0 Å². The molecule has 2 heterocycles. The van der Waals surface area contributed by atoms with Crippen LogP contribution in [0.1, 0.15) is 65.6 Å². The van der Waals surface area contributed by atoms with E-state index in [1.807, 2.05) is 12.5 Å². The fraction of sp³-hybridized carbons (Fsp3) is 0.824. The van der Waals surface area contributed by atoms with Crippen LogP contribution in [0.4, 0.5) is 0 Å². The molecular weight excluding hydrogens is 260 g/mol. The van der Waals surface area contributed by atoms with Crippen LogP contribution in [0.15, 0.2) is 12.5 Å². The van der Waals surface area contributed by atoms with E-state index in [2.05, 4.69) is 54.4 Å². The number of imidazole rings is 1. The van der Waals surface area contributed by atoms with E-state index in [9.17, 15) is 0 Å². The number of aromatic nitrogens is 2. The summed E-state index contributed by atoms with van der Waals surface area (Å²) >= 11 is 0. The number of nitrogens with one attached hydrogen (secondary N) is 1. The molecule has 1 aliphatic heterocycles. The van der Waals surface area contributed by atoms with E-state index in [1.165, 1.54) is 31.5 Å². The van der Waals surface area contributed by atoms with Gasteiger partial charge < -0.3 is 9.88 Å². The molecule has 1 atom stereocenters. The van der Waals surface area contributed by atoms with Crippen molar-refractivity contribution in [3.63, 3.8) is 0 Å². The number of hydrogen-bond acceptors (Lipinski definition) is 3. The molecule has 1 aromatic rings. The Morgan fingerprint density at radius 2 is 2.10 bits per heavy atom. The molecule has 4 heteroatoms. The molecule has 1 aromatic heterocycles. The Kier molecular flexibility index (Phi) is 5.44. The maximum atomic E-state index is 4.34. The van der Waals surface area contributed by atoms with E-state index in [1.54, 1.807) is 0 Å². The maximum Gasteiger partial charge on any atom is 0.0951 e. The van der Waals surface area contributed by atoms with Crippen molar-refractivity contribution in [2.24, 2.45) is 0 Å². The molecule has 0 spiro atoms. The normalized spacial score (nSPS) is 21.1. The molecule has 120 valence electrons. The van der Waals surface area contributed by atoms with Crippen LogP contribution in [0.5, 0.6) is 0 Å². The third-order valence-corrected chi connectivity index (χ3v) is 4.28. The van der Waals surface area contributed by atoms with Crippen LogP contribution in [0.25, 0.3) is 0 Å². The van der Waals surface area contributed by atoms with Crippen LogP contribution in [0, 0.1) is 0 Å². The van der Waals surface area contributed by atoms with E-state index in [0.29, 0.717) is 12.1 Å². The highest BCUT2D eigenvalue weighted by Crippen LogP contribution is 2.21. The molecule has 0 bridgehead atoms. The van der Waals surface area contributed by atoms with Gasteiger partial charge in [0, 0.05) is 36.9 Å². The second-order valence-corrected chi connectivity index (χ2v) is 7.64. The molecule has 2 rings (SSSR count). The van der Waals surface area contributed by atoms with Crippen molar-refractivity contribution in [1.82, 2.24) is 19.8 Å². The van der Waals surface area contributed by atoms with Gasteiger partial charge in [-0.05, 0) is 54.0 Å². The molecule has 4 nitrogen and oxygen atoms in total. The van der Waals surface area contributed by atoms with Crippen molar-refractivity contribution in [1.29, 1.82) is 0 Å². The van der Waals surface area contributed by atoms with Crippen LogP contribution >= 0.6 is 0 Å². The lowest BCUT2D eigenvalue weighted by Crippen LogP contribution is -2.49. The Hall–Kier alpha value is -0.870. The lowest BCUT2D eigenvalue weighted by molar-refractivity contribution is 0.127. The maximum absolute atomic E-state index is 4.34. The molecule has 0 amide bonds. The zero-order valence-electron chi connectivity index (χ0n) is 14.4. The monoisotopic (exact) mass is 292 g/mol. The Morgan fingerprint density at radius 1 is 1.33 bits per heavy atom. The highest BCUT2D eigenvalue weighted by Gasteiger charge is 2.24. The first kappa shape index (κ1) is 16.5. The predicted molar refractivity (Wildman–Crippen MR) is 88.4 cm³/mol. The van der Waals surface area contributed by atoms with Gasteiger partial charge in [0.2, 0.25) is 0 Å². The Balaban J connectivity index is 2.00. The van der Waals surface area contributed by atoms with Crippen molar-refractivity contribution in [3.05, 3.63) is 18.2 Å². The average Bonchev–Trinajstić information content (AvgIpc) is 2.85. The molecular formula is C17H32N4. The largest absolute Gasteiger partial charge is 0.331 e. The summed E-state index contributed by atoms with van der Waals surface area (Å²) in [4.78, 5) is 6.98. The SMILES string of the molecule is CC(C)n1cncc1CN1CCCCC1CNC(C)(C)C. The third-order valence-electron chi connectivity index (χ3n) is 4.28. The minimum atomic E-state index is 0.197. The van der Waals surface area contributed by atoms with E-state index in [0.717, 1.165) is 13.1 Å². The molecule has 0 aromatic carbocycles. The van der Waals surface area contributed by atoms with Gasteiger partial charge in [-0.25, -0.2) is 4.98 Å². The van der Waals surface area contributed by atoms with Gasteiger partial charge >= 0.3 is 0 Å². The zero-order chi connectivity index (χ0) is 15.5. The highest BCUT2D eigenvalue weighted by atomic mass is 15.2. The Bertz CT molecular complexity index is 430. The predicted octanol–water partition coefficient (Wildman–Crippen LogP) is 3.21. The molecule has 1 aliphatic rings. The van der Waals surface area contributed by atoms with Gasteiger partial charge in [0.15, 0.2) is 0 Å². The molecule has 1 fully saturated rings. The first-order valence-electron chi connectivity index (χ1n) is 8.36. The summed E-state index contributed by atoms with van der Waals surface area (Å²) in [6, 6.07) is 1.13. The second-order valence-electron chi connectivity index (χ2n) is 7.64. The topological polar surface area (TPSA) is 33.1 Å². The molecule has 0 radical (unpaired) electrons. The standard InChI is InChI=1S/C17H32N4/c1-14(2)21-13-18-10-16(21)12-20-9-7-6-8-15(20)11-19-17(3,4)5/h10,13-15,19H,6-9,11-12H2,1-5H3. The number of rotatable bonds is 5. The number of nitrogens with zero attached hydrogens (tertiary/aromatic N) is 3. The van der Waals surface area contributed by atoms with Gasteiger partial charge in [0.1, 0.15) is 0 Å². The van der Waals surface area contributed by atoms with Crippen molar-refractivity contribution in [2.75, 3.05) is 13.1 Å². The molecule has 1 saturated heterocycles. The Labute approximate surface area is 129 Å². The second kappa shape index (κ2) is 6.93. The molecule has 0 saturated carbocycles. The van der Waals surface area contributed by atoms with Crippen molar-refractivity contribution >= 4 is 0 Å². The first-order valence-corrected chi connectivity index (χ1v) is 8.36. The van der Waals surface area contributed by atoms with Gasteiger partial charge in [-0.2, -0.15) is 0 Å². The number of hydrogen-bond donors (Lipinski definition) is 1. The number of likely N-dealkylation sites (tertiary alicyclic amines) is 1. The minimum absolute atomic E-state index is 0.197. The molecule has 21 heavy (non-hydrogen) atoms. The quantitative estimate of drug-likeness (QED) is 0.904. The summed E-state index contributed by atoms with van der Waals surface area (Å²) in [7, 11) is 0. The van der Waals surface area contributed by atoms with Gasteiger partial charge in [-0.3, -0.25) is 4.90 Å². The molecule has 0 aliphatic carbocycles. The fourth-order valence-corrected chi connectivity index (χ4v) is 3.05. The van der Waals surface area contributed by atoms with Crippen LogP contribution in [0.3, 0.4) is 0 Å². The zero-order valence-corrected chi connectivity index (χ0v) is 14.4. The van der Waals surface area contributed by atoms with Crippen molar-refractivity contribution in [2.45, 2.75) is 78.0 Å². The summed E-state index contributed by atoms with van der Waals surface area (Å²) in [5.41, 5.74) is 1.54. The molecule has 1 unspecified atom stereocenters. The van der Waals surface area contributed by atoms with Crippen molar-refractivity contribution in [3.8, 4) is 0 Å². The number of piperidine rings is 1. The van der Waals surface area contributed by atoms with Gasteiger partial charge in [-0.1, -0.05) is 6.42 Å². The minimum Gasteiger partial charge on any atom is -0.331 e. The Morgan fingerprint density at radius 3 is 2.76 bits per heavy atom. The summed E-state index contributed by atoms with van der Waals surface area (Å²) < 4.78 is 2.29. The van der Waals surface area contributed by atoms with E-state index in [-0.39, 0.29) is 5.54 Å². The van der Waals surface area contributed by atoms with Gasteiger partial charge in [0.05, 0.1) is 12.0 Å². The van der Waals surface area contributed by atoms with Crippen LogP contribution in [-0.4, -0.2) is 39.1 Å². The highest BCUT2D eigenvalue weighted by molar-refractivity contribution is 5.01.